The maximum atomic E-state index is 14.4. The number of alkyl halides is 2. The molecular formula is C23H18F2O2. The van der Waals surface area contributed by atoms with E-state index >= 15 is 0 Å². The Morgan fingerprint density at radius 3 is 2.04 bits per heavy atom. The molecule has 0 bridgehead atoms. The first-order valence-electron chi connectivity index (χ1n) is 8.74. The zero-order chi connectivity index (χ0) is 19.0. The molecule has 27 heavy (non-hydrogen) atoms. The molecule has 0 spiro atoms. The first-order valence-corrected chi connectivity index (χ1v) is 8.74. The molecule has 0 amide bonds. The molecule has 0 aromatic heterocycles. The summed E-state index contributed by atoms with van der Waals surface area (Å²) in [6.07, 6.45) is 0. The van der Waals surface area contributed by atoms with Crippen molar-refractivity contribution in [2.75, 3.05) is 7.11 Å². The molecule has 1 aliphatic carbocycles. The van der Waals surface area contributed by atoms with Gasteiger partial charge in [0.25, 0.3) is 5.92 Å². The fraction of sp³-hybridized carbons (Fsp3) is 0.174. The Morgan fingerprint density at radius 2 is 1.44 bits per heavy atom. The van der Waals surface area contributed by atoms with Crippen LogP contribution >= 0.6 is 0 Å². The Balaban J connectivity index is 1.56. The fourth-order valence-electron chi connectivity index (χ4n) is 3.52. The third-order valence-corrected chi connectivity index (χ3v) is 5.09. The predicted octanol–water partition coefficient (Wildman–Crippen LogP) is 5.59. The van der Waals surface area contributed by atoms with Gasteiger partial charge in [0.1, 0.15) is 5.75 Å². The van der Waals surface area contributed by atoms with Crippen molar-refractivity contribution in [1.82, 2.24) is 0 Å². The zero-order valence-electron chi connectivity index (χ0n) is 14.7. The molecule has 0 N–H and O–H groups in total. The van der Waals surface area contributed by atoms with E-state index in [-0.39, 0.29) is 5.56 Å². The molecule has 4 heteroatoms. The van der Waals surface area contributed by atoms with Gasteiger partial charge in [-0.25, -0.2) is 8.78 Å². The van der Waals surface area contributed by atoms with E-state index in [1.165, 1.54) is 19.2 Å². The van der Waals surface area contributed by atoms with E-state index in [2.05, 4.69) is 0 Å². The molecule has 0 radical (unpaired) electrons. The monoisotopic (exact) mass is 364 g/mol. The molecule has 0 heterocycles. The minimum atomic E-state index is -3.02. The number of hydrogen-bond donors (Lipinski definition) is 0. The maximum absolute atomic E-state index is 14.4. The van der Waals surface area contributed by atoms with E-state index in [9.17, 15) is 13.6 Å². The number of carbonyl (C=O) groups is 1. The Hall–Kier alpha value is -3.01. The Bertz CT molecular complexity index is 948. The van der Waals surface area contributed by atoms with Crippen LogP contribution in [0.2, 0.25) is 0 Å². The highest BCUT2D eigenvalue weighted by atomic mass is 19.3. The number of ether oxygens (including phenoxy) is 1. The Morgan fingerprint density at radius 1 is 0.852 bits per heavy atom. The van der Waals surface area contributed by atoms with Gasteiger partial charge in [-0.15, -0.1) is 0 Å². The smallest absolute Gasteiger partial charge is 0.266 e. The normalized spacial score (nSPS) is 20.1. The van der Waals surface area contributed by atoms with E-state index in [0.717, 1.165) is 11.1 Å². The summed E-state index contributed by atoms with van der Waals surface area (Å²) in [6, 6.07) is 23.1. The second-order valence-electron chi connectivity index (χ2n) is 6.71. The van der Waals surface area contributed by atoms with Crippen LogP contribution in [0.3, 0.4) is 0 Å². The molecule has 0 saturated heterocycles. The van der Waals surface area contributed by atoms with Crippen molar-refractivity contribution in [1.29, 1.82) is 0 Å². The second-order valence-corrected chi connectivity index (χ2v) is 6.71. The highest BCUT2D eigenvalue weighted by Crippen LogP contribution is 2.62. The van der Waals surface area contributed by atoms with Crippen LogP contribution in [0.1, 0.15) is 21.8 Å². The number of rotatable bonds is 5. The number of hydrogen-bond acceptors (Lipinski definition) is 2. The number of halogens is 2. The third-order valence-electron chi connectivity index (χ3n) is 5.09. The summed E-state index contributed by atoms with van der Waals surface area (Å²) in [5, 5.41) is 0. The molecule has 4 rings (SSSR count). The minimum Gasteiger partial charge on any atom is -0.497 e. The van der Waals surface area contributed by atoms with E-state index in [0.29, 0.717) is 11.3 Å². The van der Waals surface area contributed by atoms with Crippen LogP contribution in [0.15, 0.2) is 78.9 Å². The summed E-state index contributed by atoms with van der Waals surface area (Å²) >= 11 is 0. The lowest BCUT2D eigenvalue weighted by Crippen LogP contribution is -2.07. The van der Waals surface area contributed by atoms with E-state index < -0.39 is 23.5 Å². The fourth-order valence-corrected chi connectivity index (χ4v) is 3.52. The van der Waals surface area contributed by atoms with Crippen molar-refractivity contribution in [3.8, 4) is 16.9 Å². The second kappa shape index (κ2) is 6.62. The molecule has 2 unspecified atom stereocenters. The van der Waals surface area contributed by atoms with Crippen molar-refractivity contribution in [3.63, 3.8) is 0 Å². The van der Waals surface area contributed by atoms with Crippen molar-refractivity contribution >= 4 is 5.78 Å². The number of benzene rings is 3. The molecule has 3 aromatic rings. The average molecular weight is 364 g/mol. The number of Topliss-reactive ketones (excluding diaryl/α,β-unsaturated/α-hetero) is 1. The lowest BCUT2D eigenvalue weighted by atomic mass is 10.00. The zero-order valence-corrected chi connectivity index (χ0v) is 14.7. The minimum absolute atomic E-state index is 0.281. The molecule has 3 aromatic carbocycles. The average Bonchev–Trinajstić information content (AvgIpc) is 3.30. The van der Waals surface area contributed by atoms with Gasteiger partial charge in [-0.2, -0.15) is 0 Å². The topological polar surface area (TPSA) is 26.3 Å². The van der Waals surface area contributed by atoms with Gasteiger partial charge in [0.05, 0.1) is 18.9 Å². The van der Waals surface area contributed by atoms with Crippen LogP contribution in [-0.4, -0.2) is 18.8 Å². The van der Waals surface area contributed by atoms with E-state index in [4.69, 9.17) is 4.74 Å². The van der Waals surface area contributed by atoms with Gasteiger partial charge in [0, 0.05) is 5.56 Å². The summed E-state index contributed by atoms with van der Waals surface area (Å²) in [6.45, 7) is 0. The standard InChI is InChI=1S/C23H18F2O2/c1-27-19-13-11-18(12-14-19)22(26)21-20(23(21,24)25)17-9-7-16(8-10-17)15-5-3-2-4-6-15/h2-14,20-21H,1H3. The lowest BCUT2D eigenvalue weighted by Gasteiger charge is -2.04. The van der Waals surface area contributed by atoms with Crippen LogP contribution < -0.4 is 4.74 Å². The van der Waals surface area contributed by atoms with E-state index in [1.54, 1.807) is 24.3 Å². The number of ketones is 1. The molecule has 1 fully saturated rings. The molecule has 2 nitrogen and oxygen atoms in total. The van der Waals surface area contributed by atoms with Gasteiger partial charge in [-0.3, -0.25) is 4.79 Å². The highest BCUT2D eigenvalue weighted by Gasteiger charge is 2.71. The predicted molar refractivity (Wildman–Crippen MR) is 100 cm³/mol. The third kappa shape index (κ3) is 3.12. The first kappa shape index (κ1) is 17.4. The Kier molecular flexibility index (Phi) is 4.27. The lowest BCUT2D eigenvalue weighted by molar-refractivity contribution is 0.0742. The summed E-state index contributed by atoms with van der Waals surface area (Å²) in [4.78, 5) is 12.6. The highest BCUT2D eigenvalue weighted by molar-refractivity contribution is 6.01. The van der Waals surface area contributed by atoms with Crippen molar-refractivity contribution in [2.45, 2.75) is 11.8 Å². The summed E-state index contributed by atoms with van der Waals surface area (Å²) in [7, 11) is 1.51. The Labute approximate surface area is 156 Å². The van der Waals surface area contributed by atoms with Gasteiger partial charge < -0.3 is 4.74 Å². The van der Waals surface area contributed by atoms with E-state index in [1.807, 2.05) is 42.5 Å². The first-order chi connectivity index (χ1) is 13.0. The van der Waals surface area contributed by atoms with Crippen LogP contribution in [-0.2, 0) is 0 Å². The van der Waals surface area contributed by atoms with Gasteiger partial charge >= 0.3 is 0 Å². The largest absolute Gasteiger partial charge is 0.497 e. The van der Waals surface area contributed by atoms with Crippen molar-refractivity contribution < 1.29 is 18.3 Å². The van der Waals surface area contributed by atoms with Crippen molar-refractivity contribution in [2.24, 2.45) is 5.92 Å². The van der Waals surface area contributed by atoms with Gasteiger partial charge in [-0.1, -0.05) is 54.6 Å². The summed E-state index contributed by atoms with van der Waals surface area (Å²) in [5.41, 5.74) is 2.76. The molecular weight excluding hydrogens is 346 g/mol. The van der Waals surface area contributed by atoms with Crippen molar-refractivity contribution in [3.05, 3.63) is 90.0 Å². The molecule has 0 aliphatic heterocycles. The SMILES string of the molecule is COc1ccc(C(=O)C2C(c3ccc(-c4ccccc4)cc3)C2(F)F)cc1. The van der Waals surface area contributed by atoms with Crippen LogP contribution in [0.25, 0.3) is 11.1 Å². The van der Waals surface area contributed by atoms with Crippen LogP contribution in [0.4, 0.5) is 8.78 Å². The summed E-state index contributed by atoms with van der Waals surface area (Å²) in [5.74, 6) is -5.35. The summed E-state index contributed by atoms with van der Waals surface area (Å²) < 4.78 is 33.9. The molecule has 1 aliphatic rings. The van der Waals surface area contributed by atoms with Gasteiger partial charge in [0.2, 0.25) is 0 Å². The van der Waals surface area contributed by atoms with Crippen LogP contribution in [0, 0.1) is 5.92 Å². The maximum Gasteiger partial charge on any atom is 0.266 e. The number of carbonyl (C=O) groups excluding carboxylic acids is 1. The molecule has 2 atom stereocenters. The molecule has 136 valence electrons. The molecule has 1 saturated carbocycles. The van der Waals surface area contributed by atoms with Gasteiger partial charge in [-0.05, 0) is 41.0 Å². The van der Waals surface area contributed by atoms with Crippen LogP contribution in [0.5, 0.6) is 5.75 Å². The quantitative estimate of drug-likeness (QED) is 0.551. The number of methoxy groups -OCH3 is 1. The van der Waals surface area contributed by atoms with Gasteiger partial charge in [0.15, 0.2) is 5.78 Å².